The van der Waals surface area contributed by atoms with Crippen LogP contribution in [0, 0.1) is 23.0 Å². The average molecular weight is 581 g/mol. The lowest BCUT2D eigenvalue weighted by Gasteiger charge is -2.38. The molecule has 2 aliphatic rings. The van der Waals surface area contributed by atoms with Gasteiger partial charge in [0.05, 0.1) is 36.1 Å². The van der Waals surface area contributed by atoms with Crippen LogP contribution in [0.15, 0.2) is 69.5 Å². The third kappa shape index (κ3) is 5.28. The van der Waals surface area contributed by atoms with Crippen molar-refractivity contribution in [2.45, 2.75) is 29.5 Å². The average Bonchev–Trinajstić information content (AvgIpc) is 3.41. The van der Waals surface area contributed by atoms with E-state index in [2.05, 4.69) is 21.6 Å². The third-order valence-electron chi connectivity index (χ3n) is 6.46. The number of benzene rings is 2. The van der Waals surface area contributed by atoms with E-state index in [1.807, 2.05) is 6.07 Å². The number of amides is 1. The number of nitrogens with zero attached hydrogens (tertiary/aromatic N) is 4. The smallest absolute Gasteiger partial charge is 0.234 e. The van der Waals surface area contributed by atoms with Crippen LogP contribution in [0.2, 0.25) is 0 Å². The molecule has 2 heterocycles. The minimum absolute atomic E-state index is 0.0665. The van der Waals surface area contributed by atoms with Gasteiger partial charge in [-0.05, 0) is 42.7 Å². The maximum absolute atomic E-state index is 13.9. The molecule has 1 atom stereocenters. The summed E-state index contributed by atoms with van der Waals surface area (Å²) in [5.41, 5.74) is 8.53. The van der Waals surface area contributed by atoms with Crippen molar-refractivity contribution >= 4 is 45.6 Å². The second kappa shape index (κ2) is 11.4. The number of carbonyl (C=O) groups is 2. The predicted molar refractivity (Wildman–Crippen MR) is 147 cm³/mol. The fraction of sp³-hybridized carbons (Fsp3) is 0.222. The lowest BCUT2D eigenvalue weighted by Crippen LogP contribution is -2.38. The number of rotatable bonds is 7. The Morgan fingerprint density at radius 3 is 2.85 bits per heavy atom. The molecule has 3 N–H and O–H groups in total. The molecule has 0 radical (unpaired) electrons. The van der Waals surface area contributed by atoms with Crippen LogP contribution in [0.1, 0.15) is 30.7 Å². The molecule has 40 heavy (non-hydrogen) atoms. The summed E-state index contributed by atoms with van der Waals surface area (Å²) >= 11 is 2.21. The normalized spacial score (nSPS) is 17.0. The van der Waals surface area contributed by atoms with Crippen molar-refractivity contribution < 1.29 is 23.1 Å². The van der Waals surface area contributed by atoms with E-state index in [1.54, 1.807) is 30.2 Å². The standard InChI is InChI=1S/C27H22F2N6O3S2/c1-38-16-5-2-4-14(10-16)23-17(12-30)25(31)35(20-6-3-7-21(36)24(20)23)26-33-34-27(40-26)39-13-22(37)32-19-9-8-15(28)11-18(19)29/h2,4-5,8-11,23H,3,6-7,13,31H2,1H3,(H,32,37). The number of nitrogens with one attached hydrogen (secondary N) is 1. The highest BCUT2D eigenvalue weighted by Crippen LogP contribution is 2.47. The molecular weight excluding hydrogens is 558 g/mol. The highest BCUT2D eigenvalue weighted by molar-refractivity contribution is 8.01. The van der Waals surface area contributed by atoms with Gasteiger partial charge < -0.3 is 15.8 Å². The van der Waals surface area contributed by atoms with Crippen LogP contribution in [0.5, 0.6) is 5.75 Å². The number of ketones is 1. The topological polar surface area (TPSA) is 134 Å². The lowest BCUT2D eigenvalue weighted by atomic mass is 9.76. The van der Waals surface area contributed by atoms with Crippen molar-refractivity contribution in [2.24, 2.45) is 5.73 Å². The summed E-state index contributed by atoms with van der Waals surface area (Å²) in [5.74, 6) is -2.20. The number of carbonyl (C=O) groups excluding carboxylic acids is 2. The van der Waals surface area contributed by atoms with Gasteiger partial charge in [-0.25, -0.2) is 8.78 Å². The fourth-order valence-corrected chi connectivity index (χ4v) is 6.40. The third-order valence-corrected chi connectivity index (χ3v) is 8.50. The van der Waals surface area contributed by atoms with E-state index in [9.17, 15) is 23.6 Å². The molecule has 0 fully saturated rings. The Labute approximate surface area is 236 Å². The monoisotopic (exact) mass is 580 g/mol. The van der Waals surface area contributed by atoms with E-state index in [0.29, 0.717) is 51.8 Å². The van der Waals surface area contributed by atoms with Gasteiger partial charge in [0.15, 0.2) is 10.1 Å². The zero-order valence-electron chi connectivity index (χ0n) is 21.1. The highest BCUT2D eigenvalue weighted by atomic mass is 32.2. The largest absolute Gasteiger partial charge is 0.497 e. The first-order valence-electron chi connectivity index (χ1n) is 12.1. The molecule has 1 aliphatic carbocycles. The number of nitriles is 1. The number of hydrogen-bond acceptors (Lipinski definition) is 10. The predicted octanol–water partition coefficient (Wildman–Crippen LogP) is 4.86. The van der Waals surface area contributed by atoms with Crippen LogP contribution in [-0.4, -0.2) is 34.8 Å². The van der Waals surface area contributed by atoms with E-state index < -0.39 is 23.5 Å². The van der Waals surface area contributed by atoms with Crippen molar-refractivity contribution in [3.05, 3.63) is 82.3 Å². The van der Waals surface area contributed by atoms with Gasteiger partial charge in [0.2, 0.25) is 11.0 Å². The number of anilines is 2. The van der Waals surface area contributed by atoms with Gasteiger partial charge in [0.25, 0.3) is 0 Å². The Balaban J connectivity index is 1.42. The number of halogens is 2. The van der Waals surface area contributed by atoms with Crippen LogP contribution in [0.4, 0.5) is 19.6 Å². The molecule has 1 aromatic heterocycles. The van der Waals surface area contributed by atoms with Crippen molar-refractivity contribution in [3.8, 4) is 11.8 Å². The Hall–Kier alpha value is -4.28. The fourth-order valence-electron chi connectivity index (χ4n) is 4.71. The zero-order valence-corrected chi connectivity index (χ0v) is 22.7. The SMILES string of the molecule is COc1cccc(C2C(C#N)=C(N)N(c3nnc(SCC(=O)Nc4ccc(F)cc4F)s3)C3=C2C(=O)CCC3)c1. The molecule has 0 saturated heterocycles. The van der Waals surface area contributed by atoms with E-state index in [-0.39, 0.29) is 28.6 Å². The van der Waals surface area contributed by atoms with Gasteiger partial charge in [-0.1, -0.05) is 35.2 Å². The highest BCUT2D eigenvalue weighted by Gasteiger charge is 2.41. The van der Waals surface area contributed by atoms with Gasteiger partial charge in [-0.2, -0.15) is 5.26 Å². The van der Waals surface area contributed by atoms with Gasteiger partial charge in [-0.15, -0.1) is 10.2 Å². The molecule has 3 aromatic rings. The molecule has 5 rings (SSSR count). The number of nitrogens with two attached hydrogens (primary N) is 1. The molecule has 1 unspecified atom stereocenters. The quantitative estimate of drug-likeness (QED) is 0.376. The van der Waals surface area contributed by atoms with E-state index in [0.717, 1.165) is 40.8 Å². The molecular formula is C27H22F2N6O3S2. The summed E-state index contributed by atoms with van der Waals surface area (Å²) in [5, 5.41) is 21.3. The summed E-state index contributed by atoms with van der Waals surface area (Å²) in [6.07, 6.45) is 1.52. The minimum Gasteiger partial charge on any atom is -0.497 e. The number of aromatic nitrogens is 2. The Kier molecular flexibility index (Phi) is 7.81. The number of hydrogen-bond donors (Lipinski definition) is 2. The first-order valence-corrected chi connectivity index (χ1v) is 13.9. The van der Waals surface area contributed by atoms with E-state index in [4.69, 9.17) is 10.5 Å². The first-order chi connectivity index (χ1) is 19.3. The van der Waals surface area contributed by atoms with Gasteiger partial charge in [0.1, 0.15) is 23.2 Å². The summed E-state index contributed by atoms with van der Waals surface area (Å²) < 4.78 is 32.8. The first kappa shape index (κ1) is 27.3. The lowest BCUT2D eigenvalue weighted by molar-refractivity contribution is -0.116. The van der Waals surface area contributed by atoms with E-state index in [1.165, 1.54) is 0 Å². The van der Waals surface area contributed by atoms with Crippen molar-refractivity contribution in [1.29, 1.82) is 5.26 Å². The Morgan fingerprint density at radius 1 is 1.27 bits per heavy atom. The summed E-state index contributed by atoms with van der Waals surface area (Å²) in [7, 11) is 1.54. The van der Waals surface area contributed by atoms with Gasteiger partial charge in [0, 0.05) is 23.8 Å². The molecule has 0 bridgehead atoms. The van der Waals surface area contributed by atoms with Gasteiger partial charge in [-0.3, -0.25) is 14.5 Å². The molecule has 2 aromatic carbocycles. The summed E-state index contributed by atoms with van der Waals surface area (Å²) in [6.45, 7) is 0. The minimum atomic E-state index is -0.879. The van der Waals surface area contributed by atoms with Crippen LogP contribution in [-0.2, 0) is 9.59 Å². The van der Waals surface area contributed by atoms with E-state index >= 15 is 0 Å². The second-order valence-corrected chi connectivity index (χ2v) is 11.1. The molecule has 204 valence electrons. The van der Waals surface area contributed by atoms with Crippen LogP contribution in [0.25, 0.3) is 0 Å². The second-order valence-electron chi connectivity index (χ2n) is 8.90. The number of methoxy groups -OCH3 is 1. The van der Waals surface area contributed by atoms with Crippen molar-refractivity contribution in [1.82, 2.24) is 10.2 Å². The number of allylic oxidation sites excluding steroid dienone is 3. The zero-order chi connectivity index (χ0) is 28.4. The van der Waals surface area contributed by atoms with Crippen LogP contribution < -0.4 is 20.7 Å². The summed E-state index contributed by atoms with van der Waals surface area (Å²) in [4.78, 5) is 27.2. The molecule has 1 aliphatic heterocycles. The van der Waals surface area contributed by atoms with Crippen LogP contribution in [0.3, 0.4) is 0 Å². The molecule has 1 amide bonds. The number of Topliss-reactive ketones (excluding diaryl/α,β-unsaturated/α-hetero) is 1. The molecule has 0 saturated carbocycles. The Morgan fingerprint density at radius 2 is 2.10 bits per heavy atom. The summed E-state index contributed by atoms with van der Waals surface area (Å²) in [6, 6.07) is 12.3. The van der Waals surface area contributed by atoms with Crippen molar-refractivity contribution in [2.75, 3.05) is 23.1 Å². The number of ether oxygens (including phenoxy) is 1. The van der Waals surface area contributed by atoms with Gasteiger partial charge >= 0.3 is 0 Å². The molecule has 0 spiro atoms. The molecule has 9 nitrogen and oxygen atoms in total. The Bertz CT molecular complexity index is 1610. The maximum atomic E-state index is 13.9. The van der Waals surface area contributed by atoms with Crippen LogP contribution >= 0.6 is 23.1 Å². The van der Waals surface area contributed by atoms with Crippen molar-refractivity contribution in [3.63, 3.8) is 0 Å². The molecule has 13 heteroatoms. The maximum Gasteiger partial charge on any atom is 0.234 e. The number of thioether (sulfide) groups is 1.